The first-order chi connectivity index (χ1) is 10.3. The molecule has 2 atom stereocenters. The molecule has 1 aliphatic heterocycles. The second kappa shape index (κ2) is 8.02. The van der Waals surface area contributed by atoms with Gasteiger partial charge in [0, 0.05) is 19.1 Å². The van der Waals surface area contributed by atoms with Gasteiger partial charge in [0.25, 0.3) is 0 Å². The van der Waals surface area contributed by atoms with Gasteiger partial charge >= 0.3 is 6.18 Å². The van der Waals surface area contributed by atoms with E-state index in [4.69, 9.17) is 5.73 Å². The van der Waals surface area contributed by atoms with Crippen molar-refractivity contribution in [2.24, 2.45) is 11.7 Å². The number of likely N-dealkylation sites (tertiary alicyclic amines) is 1. The monoisotopic (exact) mass is 350 g/mol. The smallest absolute Gasteiger partial charge is 0.342 e. The third-order valence-electron chi connectivity index (χ3n) is 4.16. The molecule has 1 aromatic carbocycles. The van der Waals surface area contributed by atoms with Crippen molar-refractivity contribution in [3.63, 3.8) is 0 Å². The third-order valence-corrected chi connectivity index (χ3v) is 4.16. The molecule has 0 aromatic heterocycles. The number of benzene rings is 1. The first-order valence-corrected chi connectivity index (χ1v) is 7.47. The number of nitrogens with zero attached hydrogens (tertiary/aromatic N) is 1. The summed E-state index contributed by atoms with van der Waals surface area (Å²) in [6, 6.07) is 4.97. The number of alkyl halides is 3. The third kappa shape index (κ3) is 5.39. The van der Waals surface area contributed by atoms with Crippen LogP contribution in [0.2, 0.25) is 0 Å². The first kappa shape index (κ1) is 19.8. The van der Waals surface area contributed by atoms with Crippen molar-refractivity contribution in [3.05, 3.63) is 35.4 Å². The predicted octanol–water partition coefficient (Wildman–Crippen LogP) is 3.26. The van der Waals surface area contributed by atoms with Crippen molar-refractivity contribution in [2.45, 2.75) is 38.4 Å². The number of piperidine rings is 1. The van der Waals surface area contributed by atoms with Crippen LogP contribution in [0.4, 0.5) is 13.2 Å². The van der Waals surface area contributed by atoms with Crippen LogP contribution < -0.4 is 5.73 Å². The Morgan fingerprint density at radius 2 is 2.13 bits per heavy atom. The summed E-state index contributed by atoms with van der Waals surface area (Å²) in [5, 5.41) is 0. The van der Waals surface area contributed by atoms with Gasteiger partial charge in [-0.15, -0.1) is 12.4 Å². The largest absolute Gasteiger partial charge is 0.416 e. The van der Waals surface area contributed by atoms with E-state index in [0.29, 0.717) is 18.7 Å². The van der Waals surface area contributed by atoms with Gasteiger partial charge < -0.3 is 10.6 Å². The van der Waals surface area contributed by atoms with E-state index in [1.54, 1.807) is 11.0 Å². The molecule has 1 aliphatic rings. The summed E-state index contributed by atoms with van der Waals surface area (Å²) in [7, 11) is 0. The van der Waals surface area contributed by atoms with E-state index in [0.717, 1.165) is 25.0 Å². The average molecular weight is 351 g/mol. The predicted molar refractivity (Wildman–Crippen MR) is 85.3 cm³/mol. The Bertz CT molecular complexity index is 534. The Hall–Kier alpha value is -1.27. The summed E-state index contributed by atoms with van der Waals surface area (Å²) < 4.78 is 38.1. The highest BCUT2D eigenvalue weighted by Crippen LogP contribution is 2.29. The standard InChI is InChI=1S/C16H21F3N2O.ClH/c1-11(20)13-5-3-7-21(10-13)15(22)9-12-4-2-6-14(8-12)16(17,18)19;/h2,4,6,8,11,13H,3,5,7,9-10,20H2,1H3;1H. The van der Waals surface area contributed by atoms with E-state index >= 15 is 0 Å². The Labute approximate surface area is 140 Å². The van der Waals surface area contributed by atoms with E-state index in [1.165, 1.54) is 6.07 Å². The Morgan fingerprint density at radius 1 is 1.43 bits per heavy atom. The maximum Gasteiger partial charge on any atom is 0.416 e. The highest BCUT2D eigenvalue weighted by Gasteiger charge is 2.31. The van der Waals surface area contributed by atoms with E-state index in [1.807, 2.05) is 6.92 Å². The highest BCUT2D eigenvalue weighted by atomic mass is 35.5. The molecule has 2 N–H and O–H groups in total. The number of amides is 1. The minimum atomic E-state index is -4.38. The first-order valence-electron chi connectivity index (χ1n) is 7.47. The Balaban J connectivity index is 0.00000264. The van der Waals surface area contributed by atoms with E-state index in [9.17, 15) is 18.0 Å². The molecule has 1 heterocycles. The molecule has 1 amide bonds. The SMILES string of the molecule is CC(N)C1CCCN(C(=O)Cc2cccc(C(F)(F)F)c2)C1.Cl. The molecule has 3 nitrogen and oxygen atoms in total. The van der Waals surface area contributed by atoms with Gasteiger partial charge in [-0.05, 0) is 37.3 Å². The molecule has 1 aromatic rings. The van der Waals surface area contributed by atoms with Crippen LogP contribution in [0, 0.1) is 5.92 Å². The zero-order chi connectivity index (χ0) is 16.3. The number of hydrogen-bond donors (Lipinski definition) is 1. The maximum atomic E-state index is 12.7. The van der Waals surface area contributed by atoms with Gasteiger partial charge in [0.15, 0.2) is 0 Å². The fourth-order valence-electron chi connectivity index (χ4n) is 2.81. The minimum absolute atomic E-state index is 0. The summed E-state index contributed by atoms with van der Waals surface area (Å²) in [6.07, 6.45) is -2.51. The fraction of sp³-hybridized carbons (Fsp3) is 0.562. The summed E-state index contributed by atoms with van der Waals surface area (Å²) in [4.78, 5) is 14.0. The summed E-state index contributed by atoms with van der Waals surface area (Å²) in [5.74, 6) is 0.129. The molecule has 23 heavy (non-hydrogen) atoms. The molecule has 2 rings (SSSR count). The normalized spacial score (nSPS) is 19.9. The van der Waals surface area contributed by atoms with E-state index in [-0.39, 0.29) is 36.7 Å². The second-order valence-corrected chi connectivity index (χ2v) is 5.98. The second-order valence-electron chi connectivity index (χ2n) is 5.98. The molecular formula is C16H22ClF3N2O. The van der Waals surface area contributed by atoms with Gasteiger partial charge in [0.05, 0.1) is 12.0 Å². The van der Waals surface area contributed by atoms with Crippen LogP contribution in [0.5, 0.6) is 0 Å². The highest BCUT2D eigenvalue weighted by molar-refractivity contribution is 5.85. The lowest BCUT2D eigenvalue weighted by Crippen LogP contribution is -2.45. The number of nitrogens with two attached hydrogens (primary N) is 1. The topological polar surface area (TPSA) is 46.3 Å². The molecule has 0 spiro atoms. The lowest BCUT2D eigenvalue weighted by Gasteiger charge is -2.34. The average Bonchev–Trinajstić information content (AvgIpc) is 2.46. The van der Waals surface area contributed by atoms with Crippen molar-refractivity contribution in [1.29, 1.82) is 0 Å². The fourth-order valence-corrected chi connectivity index (χ4v) is 2.81. The molecule has 2 unspecified atom stereocenters. The Kier molecular flexibility index (Phi) is 6.89. The van der Waals surface area contributed by atoms with Crippen molar-refractivity contribution in [2.75, 3.05) is 13.1 Å². The van der Waals surface area contributed by atoms with Crippen LogP contribution in [-0.4, -0.2) is 29.9 Å². The molecule has 0 aliphatic carbocycles. The molecule has 0 radical (unpaired) electrons. The molecule has 130 valence electrons. The zero-order valence-corrected chi connectivity index (χ0v) is 13.8. The zero-order valence-electron chi connectivity index (χ0n) is 13.0. The lowest BCUT2D eigenvalue weighted by molar-refractivity contribution is -0.138. The van der Waals surface area contributed by atoms with E-state index < -0.39 is 11.7 Å². The molecular weight excluding hydrogens is 329 g/mol. The maximum absolute atomic E-state index is 12.7. The van der Waals surface area contributed by atoms with Crippen LogP contribution >= 0.6 is 12.4 Å². The number of carbonyl (C=O) groups is 1. The molecule has 0 bridgehead atoms. The van der Waals surface area contributed by atoms with Crippen LogP contribution in [0.3, 0.4) is 0 Å². The van der Waals surface area contributed by atoms with Gasteiger partial charge in [0.1, 0.15) is 0 Å². The van der Waals surface area contributed by atoms with E-state index in [2.05, 4.69) is 0 Å². The minimum Gasteiger partial charge on any atom is -0.342 e. The Morgan fingerprint density at radius 3 is 2.74 bits per heavy atom. The molecule has 7 heteroatoms. The molecule has 1 fully saturated rings. The van der Waals surface area contributed by atoms with Gasteiger partial charge in [0.2, 0.25) is 5.91 Å². The van der Waals surface area contributed by atoms with Crippen LogP contribution in [0.15, 0.2) is 24.3 Å². The summed E-state index contributed by atoms with van der Waals surface area (Å²) in [5.41, 5.74) is 5.56. The van der Waals surface area contributed by atoms with Gasteiger partial charge in [-0.1, -0.05) is 18.2 Å². The van der Waals surface area contributed by atoms with Crippen molar-refractivity contribution >= 4 is 18.3 Å². The number of rotatable bonds is 3. The van der Waals surface area contributed by atoms with Crippen molar-refractivity contribution in [3.8, 4) is 0 Å². The van der Waals surface area contributed by atoms with Gasteiger partial charge in [-0.25, -0.2) is 0 Å². The van der Waals surface area contributed by atoms with Crippen LogP contribution in [0.25, 0.3) is 0 Å². The van der Waals surface area contributed by atoms with Crippen LogP contribution in [-0.2, 0) is 17.4 Å². The summed E-state index contributed by atoms with van der Waals surface area (Å²) in [6.45, 7) is 3.17. The van der Waals surface area contributed by atoms with Gasteiger partial charge in [-0.3, -0.25) is 4.79 Å². The van der Waals surface area contributed by atoms with Crippen LogP contribution in [0.1, 0.15) is 30.9 Å². The number of carbonyl (C=O) groups excluding carboxylic acids is 1. The van der Waals surface area contributed by atoms with Crippen molar-refractivity contribution < 1.29 is 18.0 Å². The quantitative estimate of drug-likeness (QED) is 0.909. The molecule has 1 saturated heterocycles. The number of hydrogen-bond acceptors (Lipinski definition) is 2. The molecule has 0 saturated carbocycles. The number of halogens is 4. The lowest BCUT2D eigenvalue weighted by atomic mass is 9.92. The summed E-state index contributed by atoms with van der Waals surface area (Å²) >= 11 is 0. The van der Waals surface area contributed by atoms with Gasteiger partial charge in [-0.2, -0.15) is 13.2 Å². The van der Waals surface area contributed by atoms with Crippen molar-refractivity contribution in [1.82, 2.24) is 4.90 Å².